The average molecular weight is 388 g/mol. The number of likely N-dealkylation sites (N-methyl/N-ethyl adjacent to an activating group) is 1. The predicted octanol–water partition coefficient (Wildman–Crippen LogP) is 2.53. The van der Waals surface area contributed by atoms with Gasteiger partial charge in [-0.05, 0) is 48.6 Å². The van der Waals surface area contributed by atoms with Crippen LogP contribution in [0.25, 0.3) is 0 Å². The van der Waals surface area contributed by atoms with E-state index in [1.807, 2.05) is 43.7 Å². The summed E-state index contributed by atoms with van der Waals surface area (Å²) in [5.41, 5.74) is 1.95. The number of amides is 2. The molecule has 1 aliphatic heterocycles. The highest BCUT2D eigenvalue weighted by Gasteiger charge is 2.35. The van der Waals surface area contributed by atoms with E-state index < -0.39 is 0 Å². The molecule has 7 heteroatoms. The third-order valence-electron chi connectivity index (χ3n) is 4.88. The number of nitrogens with zero attached hydrogens (tertiary/aromatic N) is 2. The molecule has 1 aliphatic rings. The summed E-state index contributed by atoms with van der Waals surface area (Å²) in [5.74, 6) is 0.244. The van der Waals surface area contributed by atoms with Gasteiger partial charge in [0.2, 0.25) is 11.8 Å². The summed E-state index contributed by atoms with van der Waals surface area (Å²) >= 11 is 1.65. The fraction of sp³-hybridized carbons (Fsp3) is 0.400. The van der Waals surface area contributed by atoms with Crippen LogP contribution in [0.1, 0.15) is 18.0 Å². The number of nitrogens with one attached hydrogen (secondary N) is 1. The molecule has 1 fully saturated rings. The van der Waals surface area contributed by atoms with Crippen LogP contribution in [-0.2, 0) is 9.59 Å². The lowest BCUT2D eigenvalue weighted by atomic mass is 10.1. The van der Waals surface area contributed by atoms with Crippen molar-refractivity contribution in [3.05, 3.63) is 46.7 Å². The van der Waals surface area contributed by atoms with Crippen LogP contribution in [-0.4, -0.2) is 51.0 Å². The maximum absolute atomic E-state index is 12.7. The van der Waals surface area contributed by atoms with Crippen LogP contribution in [0, 0.1) is 5.92 Å². The van der Waals surface area contributed by atoms with Crippen molar-refractivity contribution >= 4 is 28.8 Å². The Labute approximate surface area is 163 Å². The van der Waals surface area contributed by atoms with Crippen molar-refractivity contribution in [1.82, 2.24) is 10.2 Å². The third kappa shape index (κ3) is 4.48. The molecule has 144 valence electrons. The topological polar surface area (TPSA) is 61.9 Å². The van der Waals surface area contributed by atoms with Gasteiger partial charge in [-0.15, -0.1) is 0 Å². The van der Waals surface area contributed by atoms with E-state index in [0.717, 1.165) is 5.69 Å². The largest absolute Gasteiger partial charge is 0.497 e. The van der Waals surface area contributed by atoms with Gasteiger partial charge < -0.3 is 19.9 Å². The summed E-state index contributed by atoms with van der Waals surface area (Å²) in [5, 5.41) is 7.16. The van der Waals surface area contributed by atoms with Crippen molar-refractivity contribution < 1.29 is 14.3 Å². The Hall–Kier alpha value is -2.38. The van der Waals surface area contributed by atoms with E-state index in [2.05, 4.69) is 21.7 Å². The van der Waals surface area contributed by atoms with Crippen molar-refractivity contribution in [2.75, 3.05) is 39.2 Å². The Morgan fingerprint density at radius 2 is 2.22 bits per heavy atom. The van der Waals surface area contributed by atoms with Crippen LogP contribution >= 0.6 is 11.3 Å². The van der Waals surface area contributed by atoms with E-state index in [4.69, 9.17) is 4.74 Å². The second-order valence-corrected chi connectivity index (χ2v) is 7.67. The first-order valence-electron chi connectivity index (χ1n) is 8.90. The van der Waals surface area contributed by atoms with Crippen molar-refractivity contribution in [3.63, 3.8) is 0 Å². The Kier molecular flexibility index (Phi) is 6.13. The van der Waals surface area contributed by atoms with Crippen LogP contribution in [0.15, 0.2) is 41.1 Å². The highest BCUT2D eigenvalue weighted by molar-refractivity contribution is 7.07. The number of rotatable bonds is 7. The van der Waals surface area contributed by atoms with E-state index in [1.54, 1.807) is 23.3 Å². The van der Waals surface area contributed by atoms with Crippen LogP contribution in [0.2, 0.25) is 0 Å². The summed E-state index contributed by atoms with van der Waals surface area (Å²) in [4.78, 5) is 28.8. The molecule has 3 rings (SSSR count). The molecule has 1 N–H and O–H groups in total. The maximum Gasteiger partial charge on any atom is 0.227 e. The minimum Gasteiger partial charge on any atom is -0.497 e. The molecular formula is C20H25N3O3S. The van der Waals surface area contributed by atoms with Gasteiger partial charge >= 0.3 is 0 Å². The number of thiophene rings is 1. The quantitative estimate of drug-likeness (QED) is 0.793. The summed E-state index contributed by atoms with van der Waals surface area (Å²) in [6.45, 7) is 0.912. The molecule has 0 radical (unpaired) electrons. The number of anilines is 1. The smallest absolute Gasteiger partial charge is 0.227 e. The molecule has 0 aliphatic carbocycles. The molecular weight excluding hydrogens is 362 g/mol. The van der Waals surface area contributed by atoms with E-state index in [-0.39, 0.29) is 30.2 Å². The summed E-state index contributed by atoms with van der Waals surface area (Å²) in [7, 11) is 5.59. The number of methoxy groups -OCH3 is 1. The minimum absolute atomic E-state index is 0.0367. The van der Waals surface area contributed by atoms with Crippen molar-refractivity contribution in [1.29, 1.82) is 0 Å². The molecule has 1 aromatic heterocycles. The highest BCUT2D eigenvalue weighted by Crippen LogP contribution is 2.28. The second kappa shape index (κ2) is 8.54. The van der Waals surface area contributed by atoms with Crippen LogP contribution in [0.4, 0.5) is 5.69 Å². The van der Waals surface area contributed by atoms with Crippen LogP contribution in [0.5, 0.6) is 5.75 Å². The molecule has 2 aromatic rings. The van der Waals surface area contributed by atoms with E-state index in [0.29, 0.717) is 18.8 Å². The van der Waals surface area contributed by atoms with Gasteiger partial charge in [0, 0.05) is 31.3 Å². The zero-order valence-corrected chi connectivity index (χ0v) is 16.7. The number of carbonyl (C=O) groups excluding carboxylic acids is 2. The molecule has 0 bridgehead atoms. The molecule has 2 atom stereocenters. The van der Waals surface area contributed by atoms with Gasteiger partial charge in [-0.1, -0.05) is 6.07 Å². The number of carbonyl (C=O) groups is 2. The highest BCUT2D eigenvalue weighted by atomic mass is 32.1. The first kappa shape index (κ1) is 19.4. The molecule has 2 amide bonds. The Bertz CT molecular complexity index is 792. The van der Waals surface area contributed by atoms with Crippen molar-refractivity contribution in [2.45, 2.75) is 12.5 Å². The van der Waals surface area contributed by atoms with Crippen molar-refractivity contribution in [2.24, 2.45) is 5.92 Å². The monoisotopic (exact) mass is 387 g/mol. The molecule has 27 heavy (non-hydrogen) atoms. The lowest BCUT2D eigenvalue weighted by Gasteiger charge is -2.24. The molecule has 0 spiro atoms. The van der Waals surface area contributed by atoms with Gasteiger partial charge in [0.15, 0.2) is 0 Å². The van der Waals surface area contributed by atoms with E-state index >= 15 is 0 Å². The molecule has 6 nitrogen and oxygen atoms in total. The average Bonchev–Trinajstić information content (AvgIpc) is 3.31. The SMILES string of the molecule is COc1cccc(N2C[C@@H](C(=O)NC[C@@H](c3ccsc3)N(C)C)CC2=O)c1. The van der Waals surface area contributed by atoms with E-state index in [9.17, 15) is 9.59 Å². The van der Waals surface area contributed by atoms with Crippen LogP contribution in [0.3, 0.4) is 0 Å². The van der Waals surface area contributed by atoms with Gasteiger partial charge in [0.1, 0.15) is 5.75 Å². The molecule has 0 unspecified atom stereocenters. The zero-order valence-electron chi connectivity index (χ0n) is 15.8. The number of ether oxygens (including phenoxy) is 1. The maximum atomic E-state index is 12.7. The predicted molar refractivity (Wildman–Crippen MR) is 107 cm³/mol. The number of benzene rings is 1. The normalized spacial score (nSPS) is 18.0. The number of hydrogen-bond acceptors (Lipinski definition) is 5. The summed E-state index contributed by atoms with van der Waals surface area (Å²) < 4.78 is 5.23. The first-order chi connectivity index (χ1) is 13.0. The van der Waals surface area contributed by atoms with Gasteiger partial charge in [0.05, 0.1) is 19.1 Å². The fourth-order valence-electron chi connectivity index (χ4n) is 3.32. The number of hydrogen-bond donors (Lipinski definition) is 1. The molecule has 2 heterocycles. The Morgan fingerprint density at radius 1 is 1.41 bits per heavy atom. The van der Waals surface area contributed by atoms with Gasteiger partial charge in [-0.25, -0.2) is 0 Å². The molecule has 0 saturated carbocycles. The Balaban J connectivity index is 1.62. The van der Waals surface area contributed by atoms with Gasteiger partial charge in [-0.3, -0.25) is 9.59 Å². The first-order valence-corrected chi connectivity index (χ1v) is 9.84. The van der Waals surface area contributed by atoms with Crippen molar-refractivity contribution in [3.8, 4) is 5.75 Å². The molecule has 1 aromatic carbocycles. The fourth-order valence-corrected chi connectivity index (χ4v) is 4.02. The third-order valence-corrected chi connectivity index (χ3v) is 5.58. The van der Waals surface area contributed by atoms with Crippen LogP contribution < -0.4 is 15.0 Å². The van der Waals surface area contributed by atoms with E-state index in [1.165, 1.54) is 5.56 Å². The second-order valence-electron chi connectivity index (χ2n) is 6.89. The summed E-state index contributed by atoms with van der Waals surface area (Å²) in [6.07, 6.45) is 0.230. The van der Waals surface area contributed by atoms with Gasteiger partial charge in [0.25, 0.3) is 0 Å². The lowest BCUT2D eigenvalue weighted by molar-refractivity contribution is -0.126. The lowest BCUT2D eigenvalue weighted by Crippen LogP contribution is -2.38. The summed E-state index contributed by atoms with van der Waals surface area (Å²) in [6, 6.07) is 9.55. The standard InChI is InChI=1S/C20H25N3O3S/c1-22(2)18(14-7-8-27-13-14)11-21-20(25)15-9-19(24)23(12-15)16-5-4-6-17(10-16)26-3/h4-8,10,13,15,18H,9,11-12H2,1-3H3,(H,21,25)/t15-,18-/m0/s1. The Morgan fingerprint density at radius 3 is 2.89 bits per heavy atom. The zero-order chi connectivity index (χ0) is 19.4. The van der Waals surface area contributed by atoms with Gasteiger partial charge in [-0.2, -0.15) is 11.3 Å². The molecule has 1 saturated heterocycles. The minimum atomic E-state index is -0.339.